The lowest BCUT2D eigenvalue weighted by atomic mass is 10.0. The van der Waals surface area contributed by atoms with Gasteiger partial charge in [0.25, 0.3) is 5.91 Å². The number of nitrogens with one attached hydrogen (secondary N) is 1. The number of rotatable bonds is 2. The Kier molecular flexibility index (Phi) is 3.70. The summed E-state index contributed by atoms with van der Waals surface area (Å²) in [5.74, 6) is -1.01. The Morgan fingerprint density at radius 2 is 2.16 bits per heavy atom. The van der Waals surface area contributed by atoms with Crippen LogP contribution in [0.25, 0.3) is 0 Å². The van der Waals surface area contributed by atoms with Crippen molar-refractivity contribution >= 4 is 31.7 Å². The van der Waals surface area contributed by atoms with Crippen molar-refractivity contribution in [2.45, 2.75) is 18.9 Å². The minimum absolute atomic E-state index is 0.0679. The summed E-state index contributed by atoms with van der Waals surface area (Å²) in [5, 5.41) is 2.67. The van der Waals surface area contributed by atoms with E-state index in [1.54, 1.807) is 6.92 Å². The molecule has 1 aromatic carbocycles. The van der Waals surface area contributed by atoms with Crippen LogP contribution in [-0.4, -0.2) is 31.4 Å². The fourth-order valence-electron chi connectivity index (χ4n) is 2.09. The molecule has 7 heteroatoms. The number of carbonyl (C=O) groups is 1. The van der Waals surface area contributed by atoms with Gasteiger partial charge in [0.15, 0.2) is 9.84 Å². The van der Waals surface area contributed by atoms with E-state index in [0.29, 0.717) is 6.42 Å². The molecule has 1 N–H and O–H groups in total. The van der Waals surface area contributed by atoms with Crippen molar-refractivity contribution in [3.63, 3.8) is 0 Å². The van der Waals surface area contributed by atoms with Crippen LogP contribution in [0.5, 0.6) is 0 Å². The molecule has 1 heterocycles. The summed E-state index contributed by atoms with van der Waals surface area (Å²) in [4.78, 5) is 12.0. The molecule has 2 rings (SSSR count). The maximum Gasteiger partial charge on any atom is 0.251 e. The third-order valence-corrected chi connectivity index (χ3v) is 5.65. The minimum Gasteiger partial charge on any atom is -0.346 e. The largest absolute Gasteiger partial charge is 0.346 e. The average molecular weight is 350 g/mol. The van der Waals surface area contributed by atoms with E-state index < -0.39 is 27.1 Å². The third-order valence-electron chi connectivity index (χ3n) is 3.10. The number of halogens is 2. The Hall–Kier alpha value is -0.950. The van der Waals surface area contributed by atoms with Gasteiger partial charge >= 0.3 is 0 Å². The van der Waals surface area contributed by atoms with E-state index in [4.69, 9.17) is 0 Å². The second-order valence-corrected chi connectivity index (χ2v) is 8.02. The summed E-state index contributed by atoms with van der Waals surface area (Å²) >= 11 is 3.01. The van der Waals surface area contributed by atoms with Crippen molar-refractivity contribution < 1.29 is 17.6 Å². The first kappa shape index (κ1) is 14.5. The summed E-state index contributed by atoms with van der Waals surface area (Å²) in [6.45, 7) is 1.69. The zero-order chi connectivity index (χ0) is 14.3. The molecule has 1 fully saturated rings. The molecule has 1 aliphatic heterocycles. The van der Waals surface area contributed by atoms with Crippen LogP contribution in [0.4, 0.5) is 4.39 Å². The van der Waals surface area contributed by atoms with Crippen LogP contribution in [0.2, 0.25) is 0 Å². The highest BCUT2D eigenvalue weighted by Gasteiger charge is 2.39. The smallest absolute Gasteiger partial charge is 0.251 e. The molecule has 0 radical (unpaired) electrons. The molecular formula is C12H13BrFNO3S. The van der Waals surface area contributed by atoms with Crippen LogP contribution in [0.1, 0.15) is 23.7 Å². The zero-order valence-corrected chi connectivity index (χ0v) is 12.6. The molecule has 104 valence electrons. The van der Waals surface area contributed by atoms with E-state index in [1.165, 1.54) is 12.1 Å². The third kappa shape index (κ3) is 3.33. The van der Waals surface area contributed by atoms with E-state index in [2.05, 4.69) is 21.2 Å². The van der Waals surface area contributed by atoms with Crippen molar-refractivity contribution in [3.8, 4) is 0 Å². The van der Waals surface area contributed by atoms with E-state index in [-0.39, 0.29) is 21.5 Å². The fourth-order valence-corrected chi connectivity index (χ4v) is 4.43. The van der Waals surface area contributed by atoms with Crippen LogP contribution in [0.3, 0.4) is 0 Å². The molecule has 1 saturated heterocycles. The average Bonchev–Trinajstić information content (AvgIpc) is 2.56. The molecule has 0 bridgehead atoms. The molecule has 1 amide bonds. The van der Waals surface area contributed by atoms with E-state index >= 15 is 0 Å². The predicted molar refractivity (Wildman–Crippen MR) is 73.2 cm³/mol. The first-order chi connectivity index (χ1) is 8.71. The number of hydrogen-bond acceptors (Lipinski definition) is 3. The summed E-state index contributed by atoms with van der Waals surface area (Å²) in [6.07, 6.45) is 0.375. The molecule has 1 unspecified atom stereocenters. The van der Waals surface area contributed by atoms with Crippen molar-refractivity contribution in [3.05, 3.63) is 34.1 Å². The maximum atomic E-state index is 13.3. The summed E-state index contributed by atoms with van der Waals surface area (Å²) < 4.78 is 36.5. The molecule has 1 aliphatic rings. The topological polar surface area (TPSA) is 63.2 Å². The Morgan fingerprint density at radius 1 is 1.47 bits per heavy atom. The van der Waals surface area contributed by atoms with Gasteiger partial charge in [0.05, 0.1) is 21.5 Å². The summed E-state index contributed by atoms with van der Waals surface area (Å²) in [6, 6.07) is 4.04. The molecule has 4 nitrogen and oxygen atoms in total. The van der Waals surface area contributed by atoms with Crippen molar-refractivity contribution in [1.82, 2.24) is 5.32 Å². The van der Waals surface area contributed by atoms with Crippen LogP contribution in [-0.2, 0) is 9.84 Å². The van der Waals surface area contributed by atoms with E-state index in [1.807, 2.05) is 0 Å². The van der Waals surface area contributed by atoms with Gasteiger partial charge in [0.1, 0.15) is 5.82 Å². The van der Waals surface area contributed by atoms with Gasteiger partial charge in [-0.15, -0.1) is 0 Å². The Labute approximate surface area is 119 Å². The van der Waals surface area contributed by atoms with Crippen LogP contribution >= 0.6 is 15.9 Å². The Balaban J connectivity index is 2.15. The lowest BCUT2D eigenvalue weighted by Gasteiger charge is -2.23. The van der Waals surface area contributed by atoms with E-state index in [0.717, 1.165) is 6.07 Å². The number of carbonyl (C=O) groups excluding carboxylic acids is 1. The Morgan fingerprint density at radius 3 is 2.68 bits per heavy atom. The van der Waals surface area contributed by atoms with Gasteiger partial charge in [-0.1, -0.05) is 0 Å². The van der Waals surface area contributed by atoms with Crippen LogP contribution < -0.4 is 5.32 Å². The quantitative estimate of drug-likeness (QED) is 0.886. The summed E-state index contributed by atoms with van der Waals surface area (Å²) in [5.41, 5.74) is -0.606. The lowest BCUT2D eigenvalue weighted by Crippen LogP contribution is -2.46. The standard InChI is InChI=1S/C12H13BrFNO3S/c1-12(4-5-19(17,18)7-12)15-11(16)8-2-3-9(13)10(14)6-8/h2-3,6H,4-5,7H2,1H3,(H,15,16). The van der Waals surface area contributed by atoms with E-state index in [9.17, 15) is 17.6 Å². The maximum absolute atomic E-state index is 13.3. The SMILES string of the molecule is CC1(NC(=O)c2ccc(Br)c(F)c2)CCS(=O)(=O)C1. The molecule has 0 saturated carbocycles. The van der Waals surface area contributed by atoms with Gasteiger partial charge in [-0.05, 0) is 47.5 Å². The van der Waals surface area contributed by atoms with Crippen molar-refractivity contribution in [2.75, 3.05) is 11.5 Å². The van der Waals surface area contributed by atoms with Crippen LogP contribution in [0.15, 0.2) is 22.7 Å². The molecule has 0 spiro atoms. The fraction of sp³-hybridized carbons (Fsp3) is 0.417. The normalized spacial score (nSPS) is 25.2. The predicted octanol–water partition coefficient (Wildman–Crippen LogP) is 1.90. The van der Waals surface area contributed by atoms with Gasteiger partial charge in [-0.25, -0.2) is 12.8 Å². The molecule has 0 aromatic heterocycles. The molecular weight excluding hydrogens is 337 g/mol. The van der Waals surface area contributed by atoms with Crippen LogP contribution in [0, 0.1) is 5.82 Å². The number of amides is 1. The number of hydrogen-bond donors (Lipinski definition) is 1. The second-order valence-electron chi connectivity index (χ2n) is 4.99. The highest BCUT2D eigenvalue weighted by atomic mass is 79.9. The number of sulfone groups is 1. The van der Waals surface area contributed by atoms with Gasteiger partial charge in [-0.3, -0.25) is 4.79 Å². The highest BCUT2D eigenvalue weighted by Crippen LogP contribution is 2.24. The van der Waals surface area contributed by atoms with Gasteiger partial charge in [0, 0.05) is 5.56 Å². The van der Waals surface area contributed by atoms with Gasteiger partial charge < -0.3 is 5.32 Å². The Bertz CT molecular complexity index is 632. The first-order valence-corrected chi connectivity index (χ1v) is 8.30. The van der Waals surface area contributed by atoms with Crippen molar-refractivity contribution in [1.29, 1.82) is 0 Å². The lowest BCUT2D eigenvalue weighted by molar-refractivity contribution is 0.0915. The van der Waals surface area contributed by atoms with Crippen molar-refractivity contribution in [2.24, 2.45) is 0 Å². The first-order valence-electron chi connectivity index (χ1n) is 5.69. The summed E-state index contributed by atoms with van der Waals surface area (Å²) in [7, 11) is -3.09. The number of benzene rings is 1. The second kappa shape index (κ2) is 4.86. The monoisotopic (exact) mass is 349 g/mol. The van der Waals surface area contributed by atoms with Gasteiger partial charge in [-0.2, -0.15) is 0 Å². The minimum atomic E-state index is -3.09. The molecule has 1 atom stereocenters. The highest BCUT2D eigenvalue weighted by molar-refractivity contribution is 9.10. The zero-order valence-electron chi connectivity index (χ0n) is 10.2. The molecule has 0 aliphatic carbocycles. The van der Waals surface area contributed by atoms with Gasteiger partial charge in [0.2, 0.25) is 0 Å². The molecule has 1 aromatic rings. The molecule has 19 heavy (non-hydrogen) atoms.